The number of aromatic nitrogens is 2. The van der Waals surface area contributed by atoms with E-state index in [-0.39, 0.29) is 37.2 Å². The van der Waals surface area contributed by atoms with Crippen LogP contribution >= 0.6 is 0 Å². The number of amides is 2. The van der Waals surface area contributed by atoms with E-state index in [1.807, 2.05) is 0 Å². The van der Waals surface area contributed by atoms with E-state index in [4.69, 9.17) is 0 Å². The first-order valence-corrected chi connectivity index (χ1v) is 22.7. The molecular formula is C42H56N6O8S2. The third-order valence-electron chi connectivity index (χ3n) is 9.64. The number of nitrogens with zero attached hydrogens (tertiary/aromatic N) is 2. The lowest BCUT2D eigenvalue weighted by Crippen LogP contribution is -2.61. The molecule has 0 saturated heterocycles. The van der Waals surface area contributed by atoms with Crippen molar-refractivity contribution in [1.29, 1.82) is 0 Å². The standard InChI is InChI=1S/C42H56N6O8S2/c1-29(2)37(47-57(53,54)25-21-33-19-11-13-23-43-33)41(51)45-35(27-31-15-7-5-8-16-31)39(49)40(50)36(28-32-17-9-6-10-18-32)46-42(52)38(30(3)4)48-58(55,56)26-22-34-20-12-14-24-44-34/h5-20,23-24,29-30,35-40,47-50H,21-22,25-28H2,1-4H3,(H,45,51)(H,46,52)/t35-,36-,37-,38+,39+,40-/m0/s1. The molecule has 0 fully saturated rings. The van der Waals surface area contributed by atoms with Crippen molar-refractivity contribution in [2.24, 2.45) is 11.8 Å². The van der Waals surface area contributed by atoms with Gasteiger partial charge >= 0.3 is 0 Å². The highest BCUT2D eigenvalue weighted by Crippen LogP contribution is 2.17. The summed E-state index contributed by atoms with van der Waals surface area (Å²) in [6, 6.07) is 23.5. The molecule has 14 nitrogen and oxygen atoms in total. The predicted molar refractivity (Wildman–Crippen MR) is 223 cm³/mol. The van der Waals surface area contributed by atoms with Crippen LogP contribution in [0.1, 0.15) is 50.2 Å². The monoisotopic (exact) mass is 836 g/mol. The zero-order chi connectivity index (χ0) is 42.3. The molecule has 6 atom stereocenters. The number of carbonyl (C=O) groups excluding carboxylic acids is 2. The molecule has 16 heteroatoms. The zero-order valence-electron chi connectivity index (χ0n) is 33.3. The predicted octanol–water partition coefficient (Wildman–Crippen LogP) is 2.33. The molecule has 2 amide bonds. The van der Waals surface area contributed by atoms with Crippen molar-refractivity contribution >= 4 is 31.9 Å². The van der Waals surface area contributed by atoms with Crippen molar-refractivity contribution in [1.82, 2.24) is 30.0 Å². The molecule has 0 radical (unpaired) electrons. The number of pyridine rings is 2. The van der Waals surface area contributed by atoms with Gasteiger partial charge in [0.05, 0.1) is 23.6 Å². The van der Waals surface area contributed by atoms with Crippen LogP contribution < -0.4 is 20.1 Å². The molecule has 4 aromatic rings. The zero-order valence-corrected chi connectivity index (χ0v) is 34.9. The largest absolute Gasteiger partial charge is 0.388 e. The molecule has 0 aliphatic rings. The quantitative estimate of drug-likeness (QED) is 0.0641. The summed E-state index contributed by atoms with van der Waals surface area (Å²) in [6.45, 7) is 6.75. The fraction of sp³-hybridized carbons (Fsp3) is 0.429. The summed E-state index contributed by atoms with van der Waals surface area (Å²) in [5, 5.41) is 29.5. The second-order valence-corrected chi connectivity index (χ2v) is 18.8. The normalized spacial score (nSPS) is 15.2. The number of carbonyl (C=O) groups is 2. The Morgan fingerprint density at radius 2 is 0.897 bits per heavy atom. The topological polar surface area (TPSA) is 217 Å². The van der Waals surface area contributed by atoms with Gasteiger partial charge in [-0.05, 0) is 60.1 Å². The number of aliphatic hydroxyl groups is 2. The lowest BCUT2D eigenvalue weighted by molar-refractivity contribution is -0.129. The minimum Gasteiger partial charge on any atom is -0.388 e. The van der Waals surface area contributed by atoms with E-state index < -0.39 is 80.1 Å². The Labute approximate surface area is 342 Å². The minimum atomic E-state index is -3.97. The maximum absolute atomic E-state index is 14.0. The SMILES string of the molecule is CC(C)[C@H](NS(=O)(=O)CCc1ccccn1)C(=O)N[C@@H](Cc1ccccc1)[C@@H](O)[C@@H](O)[C@H](Cc1ccccc1)NC(=O)[C@H](NS(=O)(=O)CCc1ccccn1)C(C)C. The third kappa shape index (κ3) is 15.0. The van der Waals surface area contributed by atoms with Gasteiger partial charge in [-0.2, -0.15) is 0 Å². The summed E-state index contributed by atoms with van der Waals surface area (Å²) in [5.41, 5.74) is 2.57. The molecule has 0 bridgehead atoms. The Bertz CT molecular complexity index is 1930. The van der Waals surface area contributed by atoms with Gasteiger partial charge in [-0.15, -0.1) is 0 Å². The van der Waals surface area contributed by atoms with Gasteiger partial charge in [0.2, 0.25) is 31.9 Å². The van der Waals surface area contributed by atoms with Crippen LogP contribution in [0.5, 0.6) is 0 Å². The van der Waals surface area contributed by atoms with Crippen molar-refractivity contribution in [3.8, 4) is 0 Å². The van der Waals surface area contributed by atoms with Crippen LogP contribution in [0.4, 0.5) is 0 Å². The summed E-state index contributed by atoms with van der Waals surface area (Å²) in [5.74, 6) is -3.06. The van der Waals surface area contributed by atoms with E-state index in [9.17, 15) is 36.6 Å². The average Bonchev–Trinajstić information content (AvgIpc) is 3.21. The van der Waals surface area contributed by atoms with Gasteiger partial charge in [-0.1, -0.05) is 100 Å². The van der Waals surface area contributed by atoms with Crippen LogP contribution in [0.2, 0.25) is 0 Å². The highest BCUT2D eigenvalue weighted by atomic mass is 32.2. The molecular weight excluding hydrogens is 781 g/mol. The number of hydrogen-bond donors (Lipinski definition) is 6. The average molecular weight is 837 g/mol. The maximum Gasteiger partial charge on any atom is 0.238 e. The minimum absolute atomic E-state index is 0.0404. The molecule has 0 unspecified atom stereocenters. The highest BCUT2D eigenvalue weighted by molar-refractivity contribution is 7.89. The van der Waals surface area contributed by atoms with Crippen LogP contribution in [-0.4, -0.2) is 96.7 Å². The number of hydrogen-bond acceptors (Lipinski definition) is 10. The van der Waals surface area contributed by atoms with Gasteiger partial charge in [0, 0.05) is 36.6 Å². The van der Waals surface area contributed by atoms with Gasteiger partial charge in [-0.3, -0.25) is 19.6 Å². The lowest BCUT2D eigenvalue weighted by atomic mass is 9.90. The Morgan fingerprint density at radius 3 is 1.21 bits per heavy atom. The number of rotatable bonds is 23. The van der Waals surface area contributed by atoms with Crippen molar-refractivity contribution < 1.29 is 36.6 Å². The molecule has 4 rings (SSSR count). The first-order chi connectivity index (χ1) is 27.5. The Kier molecular flexibility index (Phi) is 17.5. The number of sulfonamides is 2. The number of aryl methyl sites for hydroxylation is 2. The van der Waals surface area contributed by atoms with Gasteiger partial charge in [0.1, 0.15) is 24.3 Å². The van der Waals surface area contributed by atoms with Crippen molar-refractivity contribution in [3.05, 3.63) is 132 Å². The van der Waals surface area contributed by atoms with Crippen LogP contribution in [-0.2, 0) is 55.3 Å². The first-order valence-electron chi connectivity index (χ1n) is 19.4. The molecule has 2 aromatic heterocycles. The van der Waals surface area contributed by atoms with Gasteiger partial charge < -0.3 is 20.8 Å². The van der Waals surface area contributed by atoms with E-state index in [1.165, 1.54) is 0 Å². The second-order valence-electron chi connectivity index (χ2n) is 15.0. The van der Waals surface area contributed by atoms with Crippen LogP contribution in [0.3, 0.4) is 0 Å². The first kappa shape index (κ1) is 46.1. The number of aliphatic hydroxyl groups excluding tert-OH is 2. The van der Waals surface area contributed by atoms with Gasteiger partial charge in [0.25, 0.3) is 0 Å². The van der Waals surface area contributed by atoms with E-state index in [1.54, 1.807) is 137 Å². The summed E-state index contributed by atoms with van der Waals surface area (Å²) in [7, 11) is -7.94. The van der Waals surface area contributed by atoms with Crippen molar-refractivity contribution in [2.75, 3.05) is 11.5 Å². The van der Waals surface area contributed by atoms with Gasteiger partial charge in [0.15, 0.2) is 0 Å². The Hall–Kier alpha value is -4.58. The smallest absolute Gasteiger partial charge is 0.238 e. The Morgan fingerprint density at radius 1 is 0.552 bits per heavy atom. The van der Waals surface area contributed by atoms with E-state index in [0.717, 1.165) is 0 Å². The molecule has 0 spiro atoms. The molecule has 2 aromatic carbocycles. The van der Waals surface area contributed by atoms with E-state index >= 15 is 0 Å². The van der Waals surface area contributed by atoms with Gasteiger partial charge in [-0.25, -0.2) is 26.3 Å². The number of benzene rings is 2. The fourth-order valence-corrected chi connectivity index (χ4v) is 9.05. The Balaban J connectivity index is 1.57. The molecule has 58 heavy (non-hydrogen) atoms. The summed E-state index contributed by atoms with van der Waals surface area (Å²) in [4.78, 5) is 36.3. The van der Waals surface area contributed by atoms with E-state index in [2.05, 4.69) is 30.0 Å². The van der Waals surface area contributed by atoms with Crippen LogP contribution in [0.15, 0.2) is 109 Å². The molecule has 0 saturated carbocycles. The fourth-order valence-electron chi connectivity index (χ4n) is 6.33. The van der Waals surface area contributed by atoms with Crippen molar-refractivity contribution in [3.63, 3.8) is 0 Å². The summed E-state index contributed by atoms with van der Waals surface area (Å²) >= 11 is 0. The number of nitrogens with one attached hydrogen (secondary N) is 4. The second kappa shape index (κ2) is 22.0. The molecule has 2 heterocycles. The third-order valence-corrected chi connectivity index (χ3v) is 12.4. The molecule has 0 aliphatic heterocycles. The molecule has 314 valence electrons. The van der Waals surface area contributed by atoms with Crippen LogP contribution in [0.25, 0.3) is 0 Å². The molecule has 0 aliphatic carbocycles. The van der Waals surface area contributed by atoms with Crippen molar-refractivity contribution in [2.45, 2.75) is 89.8 Å². The highest BCUT2D eigenvalue weighted by Gasteiger charge is 2.38. The van der Waals surface area contributed by atoms with Crippen LogP contribution in [0, 0.1) is 11.8 Å². The summed E-state index contributed by atoms with van der Waals surface area (Å²) < 4.78 is 57.8. The summed E-state index contributed by atoms with van der Waals surface area (Å²) in [6.07, 6.45) is 0.0826. The molecule has 6 N–H and O–H groups in total. The lowest BCUT2D eigenvalue weighted by Gasteiger charge is -2.35. The maximum atomic E-state index is 14.0. The van der Waals surface area contributed by atoms with E-state index in [0.29, 0.717) is 22.5 Å².